The standard InChI is InChI=1S/C26H32N2/c1-7-21-17-26(28(6)24-16-12-10-14-20(24)4)22(8-2)18-25(21)27(5)23-15-11-9-13-19(23)3/h9-18H,7-8H2,1-6H3. The largest absolute Gasteiger partial charge is 0.344 e. The van der Waals surface area contributed by atoms with Crippen molar-refractivity contribution in [2.24, 2.45) is 0 Å². The van der Waals surface area contributed by atoms with Crippen LogP contribution in [0.1, 0.15) is 36.1 Å². The predicted molar refractivity (Wildman–Crippen MR) is 124 cm³/mol. The highest BCUT2D eigenvalue weighted by Crippen LogP contribution is 2.37. The number of hydrogen-bond acceptors (Lipinski definition) is 2. The van der Waals surface area contributed by atoms with Crippen LogP contribution in [0.4, 0.5) is 22.7 Å². The molecule has 28 heavy (non-hydrogen) atoms. The monoisotopic (exact) mass is 372 g/mol. The van der Waals surface area contributed by atoms with Gasteiger partial charge in [-0.25, -0.2) is 0 Å². The van der Waals surface area contributed by atoms with E-state index in [0.29, 0.717) is 0 Å². The normalized spacial score (nSPS) is 10.8. The molecule has 3 aromatic carbocycles. The molecule has 0 aromatic heterocycles. The highest BCUT2D eigenvalue weighted by Gasteiger charge is 2.17. The topological polar surface area (TPSA) is 6.48 Å². The van der Waals surface area contributed by atoms with E-state index in [9.17, 15) is 0 Å². The number of para-hydroxylation sites is 2. The molecular weight excluding hydrogens is 340 g/mol. The van der Waals surface area contributed by atoms with Crippen molar-refractivity contribution >= 4 is 22.7 Å². The molecule has 0 aliphatic carbocycles. The SMILES string of the molecule is CCc1cc(N(C)c2ccccc2C)c(CC)cc1N(C)c1ccccc1C. The lowest BCUT2D eigenvalue weighted by Gasteiger charge is -2.29. The summed E-state index contributed by atoms with van der Waals surface area (Å²) in [6, 6.07) is 22.0. The van der Waals surface area contributed by atoms with E-state index < -0.39 is 0 Å². The number of nitrogens with zero attached hydrogens (tertiary/aromatic N) is 2. The Labute approximate surface area is 170 Å². The predicted octanol–water partition coefficient (Wildman–Crippen LogP) is 6.96. The fourth-order valence-corrected chi connectivity index (χ4v) is 3.99. The van der Waals surface area contributed by atoms with Crippen LogP contribution in [0.15, 0.2) is 60.7 Å². The van der Waals surface area contributed by atoms with Crippen molar-refractivity contribution < 1.29 is 0 Å². The second-order valence-electron chi connectivity index (χ2n) is 7.51. The molecule has 0 bridgehead atoms. The molecule has 0 saturated heterocycles. The first-order valence-electron chi connectivity index (χ1n) is 10.2. The average molecular weight is 373 g/mol. The second kappa shape index (κ2) is 8.52. The fraction of sp³-hybridized carbons (Fsp3) is 0.308. The molecule has 3 rings (SSSR count). The van der Waals surface area contributed by atoms with Gasteiger partial charge in [-0.1, -0.05) is 50.2 Å². The number of anilines is 4. The van der Waals surface area contributed by atoms with Crippen LogP contribution in [0.25, 0.3) is 0 Å². The van der Waals surface area contributed by atoms with Crippen molar-refractivity contribution in [3.8, 4) is 0 Å². The van der Waals surface area contributed by atoms with Crippen LogP contribution in [-0.2, 0) is 12.8 Å². The van der Waals surface area contributed by atoms with Crippen LogP contribution in [0.5, 0.6) is 0 Å². The van der Waals surface area contributed by atoms with Crippen molar-refractivity contribution in [3.63, 3.8) is 0 Å². The molecule has 0 radical (unpaired) electrons. The van der Waals surface area contributed by atoms with Crippen molar-refractivity contribution in [1.29, 1.82) is 0 Å². The second-order valence-corrected chi connectivity index (χ2v) is 7.51. The van der Waals surface area contributed by atoms with Gasteiger partial charge < -0.3 is 9.80 Å². The van der Waals surface area contributed by atoms with Gasteiger partial charge in [0.15, 0.2) is 0 Å². The molecule has 0 amide bonds. The van der Waals surface area contributed by atoms with Crippen molar-refractivity contribution in [2.75, 3.05) is 23.9 Å². The Morgan fingerprint density at radius 3 is 1.25 bits per heavy atom. The number of rotatable bonds is 6. The first-order valence-corrected chi connectivity index (χ1v) is 10.2. The highest BCUT2D eigenvalue weighted by molar-refractivity contribution is 5.76. The van der Waals surface area contributed by atoms with E-state index in [1.807, 2.05) is 0 Å². The maximum Gasteiger partial charge on any atom is 0.0444 e. The Balaban J connectivity index is 2.11. The number of benzene rings is 3. The van der Waals surface area contributed by atoms with E-state index >= 15 is 0 Å². The zero-order valence-electron chi connectivity index (χ0n) is 18.1. The average Bonchev–Trinajstić information content (AvgIpc) is 2.72. The van der Waals surface area contributed by atoms with Gasteiger partial charge in [-0.05, 0) is 73.2 Å². The van der Waals surface area contributed by atoms with Gasteiger partial charge in [-0.2, -0.15) is 0 Å². The molecule has 0 fully saturated rings. The minimum Gasteiger partial charge on any atom is -0.344 e. The first kappa shape index (κ1) is 20.0. The Hall–Kier alpha value is -2.74. The van der Waals surface area contributed by atoms with Crippen LogP contribution in [0.2, 0.25) is 0 Å². The molecule has 0 heterocycles. The van der Waals surface area contributed by atoms with Gasteiger partial charge in [-0.15, -0.1) is 0 Å². The summed E-state index contributed by atoms with van der Waals surface area (Å²) < 4.78 is 0. The maximum atomic E-state index is 2.38. The Morgan fingerprint density at radius 2 is 0.929 bits per heavy atom. The van der Waals surface area contributed by atoms with Gasteiger partial charge in [0.25, 0.3) is 0 Å². The third-order valence-electron chi connectivity index (χ3n) is 5.72. The van der Waals surface area contributed by atoms with E-state index in [1.165, 1.54) is 45.0 Å². The van der Waals surface area contributed by atoms with Crippen molar-refractivity contribution in [1.82, 2.24) is 0 Å². The van der Waals surface area contributed by atoms with Crippen LogP contribution in [0, 0.1) is 13.8 Å². The summed E-state index contributed by atoms with van der Waals surface area (Å²) in [7, 11) is 4.36. The third kappa shape index (κ3) is 3.77. The van der Waals surface area contributed by atoms with Gasteiger partial charge in [0, 0.05) is 36.8 Å². The fourth-order valence-electron chi connectivity index (χ4n) is 3.99. The molecule has 2 heteroatoms. The van der Waals surface area contributed by atoms with E-state index in [2.05, 4.69) is 112 Å². The molecule has 0 saturated carbocycles. The molecule has 0 aliphatic heterocycles. The zero-order chi connectivity index (χ0) is 20.3. The summed E-state index contributed by atoms with van der Waals surface area (Å²) in [5, 5.41) is 0. The lowest BCUT2D eigenvalue weighted by Crippen LogP contribution is -2.17. The summed E-state index contributed by atoms with van der Waals surface area (Å²) in [6.45, 7) is 8.85. The number of aryl methyl sites for hydroxylation is 4. The van der Waals surface area contributed by atoms with E-state index in [0.717, 1.165) is 12.8 Å². The molecule has 0 unspecified atom stereocenters. The Bertz CT molecular complexity index is 879. The Kier molecular flexibility index (Phi) is 6.08. The molecule has 0 spiro atoms. The van der Waals surface area contributed by atoms with Crippen molar-refractivity contribution in [3.05, 3.63) is 82.9 Å². The van der Waals surface area contributed by atoms with Gasteiger partial charge in [-0.3, -0.25) is 0 Å². The smallest absolute Gasteiger partial charge is 0.0444 e. The maximum absolute atomic E-state index is 2.38. The van der Waals surface area contributed by atoms with Crippen LogP contribution >= 0.6 is 0 Å². The first-order chi connectivity index (χ1) is 13.5. The summed E-state index contributed by atoms with van der Waals surface area (Å²) in [6.07, 6.45) is 2.01. The summed E-state index contributed by atoms with van der Waals surface area (Å²) in [4.78, 5) is 4.68. The van der Waals surface area contributed by atoms with Gasteiger partial charge in [0.2, 0.25) is 0 Å². The number of hydrogen-bond donors (Lipinski definition) is 0. The molecule has 0 atom stereocenters. The van der Waals surface area contributed by atoms with E-state index in [4.69, 9.17) is 0 Å². The van der Waals surface area contributed by atoms with Gasteiger partial charge in [0.1, 0.15) is 0 Å². The Morgan fingerprint density at radius 1 is 0.571 bits per heavy atom. The van der Waals surface area contributed by atoms with Gasteiger partial charge in [0.05, 0.1) is 0 Å². The summed E-state index contributed by atoms with van der Waals surface area (Å²) in [5.74, 6) is 0. The summed E-state index contributed by atoms with van der Waals surface area (Å²) >= 11 is 0. The van der Waals surface area contributed by atoms with Gasteiger partial charge >= 0.3 is 0 Å². The van der Waals surface area contributed by atoms with Crippen LogP contribution in [0.3, 0.4) is 0 Å². The molecule has 0 N–H and O–H groups in total. The molecule has 146 valence electrons. The van der Waals surface area contributed by atoms with E-state index in [-0.39, 0.29) is 0 Å². The van der Waals surface area contributed by atoms with E-state index in [1.54, 1.807) is 0 Å². The minimum atomic E-state index is 1.00. The summed E-state index contributed by atoms with van der Waals surface area (Å²) in [5.41, 5.74) is 10.5. The third-order valence-corrected chi connectivity index (χ3v) is 5.72. The molecule has 0 aliphatic rings. The lowest BCUT2D eigenvalue weighted by atomic mass is 10.00. The van der Waals surface area contributed by atoms with Crippen LogP contribution < -0.4 is 9.80 Å². The lowest BCUT2D eigenvalue weighted by molar-refractivity contribution is 1.04. The molecule has 3 aromatic rings. The molecular formula is C26H32N2. The zero-order valence-corrected chi connectivity index (χ0v) is 18.1. The molecule has 2 nitrogen and oxygen atoms in total. The van der Waals surface area contributed by atoms with Crippen molar-refractivity contribution in [2.45, 2.75) is 40.5 Å². The van der Waals surface area contributed by atoms with Crippen LogP contribution in [-0.4, -0.2) is 14.1 Å². The minimum absolute atomic E-state index is 1.00. The highest BCUT2D eigenvalue weighted by atomic mass is 15.1. The quantitative estimate of drug-likeness (QED) is 0.461.